The first-order valence-electron chi connectivity index (χ1n) is 7.24. The molecule has 3 aromatic rings. The van der Waals surface area contributed by atoms with Crippen LogP contribution in [0.4, 0.5) is 4.39 Å². The van der Waals surface area contributed by atoms with Gasteiger partial charge in [-0.25, -0.2) is 9.37 Å². The molecule has 0 atom stereocenters. The molecule has 0 aliphatic heterocycles. The number of oxazole rings is 1. The van der Waals surface area contributed by atoms with E-state index in [0.29, 0.717) is 11.6 Å². The quantitative estimate of drug-likeness (QED) is 0.507. The molecule has 1 heterocycles. The van der Waals surface area contributed by atoms with Crippen LogP contribution >= 0.6 is 0 Å². The molecule has 24 heavy (non-hydrogen) atoms. The Bertz CT molecular complexity index is 811. The first-order valence-corrected chi connectivity index (χ1v) is 7.24. The molecule has 0 radical (unpaired) electrons. The lowest BCUT2D eigenvalue weighted by Crippen LogP contribution is -1.89. The van der Waals surface area contributed by atoms with Gasteiger partial charge in [-0.3, -0.25) is 0 Å². The number of hydrogen-bond acceptors (Lipinski definition) is 5. The average molecular weight is 326 g/mol. The van der Waals surface area contributed by atoms with E-state index in [2.05, 4.69) is 10.1 Å². The van der Waals surface area contributed by atoms with E-state index in [9.17, 15) is 4.39 Å². The third-order valence-corrected chi connectivity index (χ3v) is 3.25. The fourth-order valence-electron chi connectivity index (χ4n) is 1.99. The third kappa shape index (κ3) is 3.98. The maximum absolute atomic E-state index is 12.8. The average Bonchev–Trinajstić information content (AvgIpc) is 3.09. The lowest BCUT2D eigenvalue weighted by molar-refractivity contribution is 0.129. The second-order valence-corrected chi connectivity index (χ2v) is 4.93. The Balaban J connectivity index is 1.56. The standard InChI is InChI=1S/C18H15FN2O3/c1-22-17-8-4-14(5-9-17)18-21-16(11-23-18)12-24-20-10-13-2-6-15(19)7-3-13/h2-11H,12H2,1H3/b20-10+. The zero-order chi connectivity index (χ0) is 16.8. The third-order valence-electron chi connectivity index (χ3n) is 3.25. The van der Waals surface area contributed by atoms with Crippen molar-refractivity contribution < 1.29 is 18.4 Å². The molecule has 0 saturated carbocycles. The number of aromatic nitrogens is 1. The second-order valence-electron chi connectivity index (χ2n) is 4.93. The predicted molar refractivity (Wildman–Crippen MR) is 87.3 cm³/mol. The maximum Gasteiger partial charge on any atom is 0.226 e. The Kier molecular flexibility index (Phi) is 4.86. The highest BCUT2D eigenvalue weighted by Gasteiger charge is 2.07. The number of benzene rings is 2. The normalized spacial score (nSPS) is 10.9. The molecule has 0 fully saturated rings. The molecule has 3 rings (SSSR count). The summed E-state index contributed by atoms with van der Waals surface area (Å²) in [6.07, 6.45) is 3.02. The molecule has 0 aliphatic rings. The van der Waals surface area contributed by atoms with E-state index in [1.165, 1.54) is 24.6 Å². The zero-order valence-electron chi connectivity index (χ0n) is 13.0. The summed E-state index contributed by atoms with van der Waals surface area (Å²) in [4.78, 5) is 9.51. The SMILES string of the molecule is COc1ccc(-c2nc(CO/N=C/c3ccc(F)cc3)co2)cc1. The smallest absolute Gasteiger partial charge is 0.226 e. The molecule has 2 aromatic carbocycles. The first-order chi connectivity index (χ1) is 11.7. The molecule has 1 aromatic heterocycles. The topological polar surface area (TPSA) is 56.9 Å². The van der Waals surface area contributed by atoms with Crippen LogP contribution < -0.4 is 4.74 Å². The molecule has 0 aliphatic carbocycles. The number of rotatable bonds is 6. The van der Waals surface area contributed by atoms with E-state index in [1.807, 2.05) is 24.3 Å². The minimum atomic E-state index is -0.290. The number of oxime groups is 1. The van der Waals surface area contributed by atoms with Crippen molar-refractivity contribution in [3.63, 3.8) is 0 Å². The van der Waals surface area contributed by atoms with Crippen molar-refractivity contribution in [2.75, 3.05) is 7.11 Å². The van der Waals surface area contributed by atoms with Gasteiger partial charge in [-0.05, 0) is 42.0 Å². The summed E-state index contributed by atoms with van der Waals surface area (Å²) in [5.41, 5.74) is 2.21. The van der Waals surface area contributed by atoms with E-state index >= 15 is 0 Å². The van der Waals surface area contributed by atoms with Crippen LogP contribution in [-0.4, -0.2) is 18.3 Å². The molecular weight excluding hydrogens is 311 g/mol. The maximum atomic E-state index is 12.8. The van der Waals surface area contributed by atoms with Crippen LogP contribution in [0.5, 0.6) is 5.75 Å². The molecule has 0 N–H and O–H groups in total. The highest BCUT2D eigenvalue weighted by molar-refractivity contribution is 5.78. The highest BCUT2D eigenvalue weighted by atomic mass is 19.1. The van der Waals surface area contributed by atoms with Crippen molar-refractivity contribution in [3.8, 4) is 17.2 Å². The van der Waals surface area contributed by atoms with Gasteiger partial charge in [0.15, 0.2) is 6.61 Å². The zero-order valence-corrected chi connectivity index (χ0v) is 13.0. The largest absolute Gasteiger partial charge is 0.497 e. The van der Waals surface area contributed by atoms with E-state index in [0.717, 1.165) is 16.9 Å². The molecular formula is C18H15FN2O3. The second kappa shape index (κ2) is 7.41. The minimum absolute atomic E-state index is 0.178. The Hall–Kier alpha value is -3.15. The van der Waals surface area contributed by atoms with Crippen molar-refractivity contribution in [2.45, 2.75) is 6.61 Å². The van der Waals surface area contributed by atoms with Crippen LogP contribution in [-0.2, 0) is 11.4 Å². The number of halogens is 1. The van der Waals surface area contributed by atoms with Crippen LogP contribution in [0.15, 0.2) is 64.4 Å². The number of hydrogen-bond donors (Lipinski definition) is 0. The summed E-state index contributed by atoms with van der Waals surface area (Å²) in [5, 5.41) is 3.83. The number of ether oxygens (including phenoxy) is 1. The van der Waals surface area contributed by atoms with Crippen molar-refractivity contribution in [3.05, 3.63) is 71.9 Å². The van der Waals surface area contributed by atoms with Gasteiger partial charge in [0.2, 0.25) is 5.89 Å². The highest BCUT2D eigenvalue weighted by Crippen LogP contribution is 2.21. The van der Waals surface area contributed by atoms with Crippen molar-refractivity contribution >= 4 is 6.21 Å². The van der Waals surface area contributed by atoms with Crippen molar-refractivity contribution in [1.29, 1.82) is 0 Å². The van der Waals surface area contributed by atoms with Crippen LogP contribution in [0.1, 0.15) is 11.3 Å². The molecule has 0 spiro atoms. The van der Waals surface area contributed by atoms with Gasteiger partial charge in [0, 0.05) is 5.56 Å². The Morgan fingerprint density at radius 2 is 1.88 bits per heavy atom. The van der Waals surface area contributed by atoms with E-state index < -0.39 is 0 Å². The van der Waals surface area contributed by atoms with Gasteiger partial charge in [0.1, 0.15) is 23.5 Å². The first kappa shape index (κ1) is 15.7. The Labute approximate surface area is 138 Å². The van der Waals surface area contributed by atoms with Gasteiger partial charge in [0.25, 0.3) is 0 Å². The fourth-order valence-corrected chi connectivity index (χ4v) is 1.99. The van der Waals surface area contributed by atoms with Gasteiger partial charge in [0.05, 0.1) is 13.3 Å². The summed E-state index contributed by atoms with van der Waals surface area (Å²) in [6.45, 7) is 0.178. The van der Waals surface area contributed by atoms with E-state index in [4.69, 9.17) is 14.0 Å². The van der Waals surface area contributed by atoms with Crippen LogP contribution in [0.2, 0.25) is 0 Å². The number of methoxy groups -OCH3 is 1. The molecule has 0 amide bonds. The van der Waals surface area contributed by atoms with Crippen LogP contribution in [0.3, 0.4) is 0 Å². The fraction of sp³-hybridized carbons (Fsp3) is 0.111. The van der Waals surface area contributed by atoms with Crippen molar-refractivity contribution in [2.24, 2.45) is 5.16 Å². The lowest BCUT2D eigenvalue weighted by Gasteiger charge is -1.99. The van der Waals surface area contributed by atoms with Gasteiger partial charge < -0.3 is 14.0 Å². The van der Waals surface area contributed by atoms with Gasteiger partial charge in [-0.1, -0.05) is 17.3 Å². The summed E-state index contributed by atoms with van der Waals surface area (Å²) < 4.78 is 23.3. The summed E-state index contributed by atoms with van der Waals surface area (Å²) in [7, 11) is 1.61. The summed E-state index contributed by atoms with van der Waals surface area (Å²) in [6, 6.07) is 13.3. The van der Waals surface area contributed by atoms with Crippen molar-refractivity contribution in [1.82, 2.24) is 4.98 Å². The van der Waals surface area contributed by atoms with E-state index in [1.54, 1.807) is 19.2 Å². The summed E-state index contributed by atoms with van der Waals surface area (Å²) >= 11 is 0. The molecule has 0 unspecified atom stereocenters. The van der Waals surface area contributed by atoms with Crippen LogP contribution in [0.25, 0.3) is 11.5 Å². The Morgan fingerprint density at radius 1 is 1.12 bits per heavy atom. The monoisotopic (exact) mass is 326 g/mol. The number of nitrogens with zero attached hydrogens (tertiary/aromatic N) is 2. The lowest BCUT2D eigenvalue weighted by atomic mass is 10.2. The molecule has 122 valence electrons. The summed E-state index contributed by atoms with van der Waals surface area (Å²) in [5.74, 6) is 0.976. The minimum Gasteiger partial charge on any atom is -0.497 e. The van der Waals surface area contributed by atoms with Gasteiger partial charge >= 0.3 is 0 Å². The van der Waals surface area contributed by atoms with Gasteiger partial charge in [-0.15, -0.1) is 0 Å². The molecule has 0 bridgehead atoms. The Morgan fingerprint density at radius 3 is 2.58 bits per heavy atom. The van der Waals surface area contributed by atoms with Gasteiger partial charge in [-0.2, -0.15) is 0 Å². The molecule has 5 nitrogen and oxygen atoms in total. The van der Waals surface area contributed by atoms with E-state index in [-0.39, 0.29) is 12.4 Å². The molecule has 6 heteroatoms. The molecule has 0 saturated heterocycles. The predicted octanol–water partition coefficient (Wildman–Crippen LogP) is 4.04. The van der Waals surface area contributed by atoms with Crippen LogP contribution in [0, 0.1) is 5.82 Å².